The van der Waals surface area contributed by atoms with Gasteiger partial charge in [-0.05, 0) is 35.7 Å². The van der Waals surface area contributed by atoms with Gasteiger partial charge in [0.2, 0.25) is 5.76 Å². The molecule has 1 aromatic carbocycles. The molecule has 23 heavy (non-hydrogen) atoms. The van der Waals surface area contributed by atoms with Gasteiger partial charge in [-0.2, -0.15) is 0 Å². The van der Waals surface area contributed by atoms with Gasteiger partial charge in [0.15, 0.2) is 6.10 Å². The second-order valence-corrected chi connectivity index (χ2v) is 5.39. The Morgan fingerprint density at radius 1 is 1.22 bits per heavy atom. The number of rotatable bonds is 6. The summed E-state index contributed by atoms with van der Waals surface area (Å²) in [5.74, 6) is -1.61. The van der Waals surface area contributed by atoms with E-state index in [4.69, 9.17) is 9.15 Å². The van der Waals surface area contributed by atoms with Crippen LogP contribution in [0.3, 0.4) is 0 Å². The zero-order valence-electron chi connectivity index (χ0n) is 12.9. The van der Waals surface area contributed by atoms with Crippen molar-refractivity contribution in [3.05, 3.63) is 59.8 Å². The quantitative estimate of drug-likeness (QED) is 0.831. The van der Waals surface area contributed by atoms with Crippen molar-refractivity contribution in [3.8, 4) is 0 Å². The number of carbonyl (C=O) groups excluding carboxylic acids is 2. The lowest BCUT2D eigenvalue weighted by Crippen LogP contribution is -2.40. The third kappa shape index (κ3) is 4.67. The first-order valence-electron chi connectivity index (χ1n) is 7.24. The van der Waals surface area contributed by atoms with Gasteiger partial charge in [0, 0.05) is 6.54 Å². The maximum absolute atomic E-state index is 12.8. The molecule has 0 fully saturated rings. The van der Waals surface area contributed by atoms with Crippen LogP contribution in [-0.2, 0) is 16.1 Å². The van der Waals surface area contributed by atoms with Gasteiger partial charge in [-0.25, -0.2) is 9.18 Å². The lowest BCUT2D eigenvalue weighted by molar-refractivity contribution is -0.132. The van der Waals surface area contributed by atoms with E-state index < -0.39 is 18.0 Å². The maximum Gasteiger partial charge on any atom is 0.375 e. The number of amides is 1. The molecule has 0 saturated carbocycles. The Morgan fingerprint density at radius 2 is 1.91 bits per heavy atom. The zero-order valence-corrected chi connectivity index (χ0v) is 12.9. The van der Waals surface area contributed by atoms with Gasteiger partial charge >= 0.3 is 5.97 Å². The van der Waals surface area contributed by atoms with E-state index in [9.17, 15) is 14.0 Å². The third-order valence-electron chi connectivity index (χ3n) is 3.20. The van der Waals surface area contributed by atoms with Crippen LogP contribution >= 0.6 is 0 Å². The van der Waals surface area contributed by atoms with E-state index in [1.54, 1.807) is 32.0 Å². The van der Waals surface area contributed by atoms with Crippen LogP contribution in [0.25, 0.3) is 0 Å². The summed E-state index contributed by atoms with van der Waals surface area (Å²) in [6.45, 7) is 3.77. The molecular weight excluding hydrogens is 301 g/mol. The van der Waals surface area contributed by atoms with Crippen molar-refractivity contribution in [3.63, 3.8) is 0 Å². The molecule has 122 valence electrons. The van der Waals surface area contributed by atoms with Gasteiger partial charge in [0.25, 0.3) is 5.91 Å². The molecule has 0 unspecified atom stereocenters. The van der Waals surface area contributed by atoms with Gasteiger partial charge in [0.05, 0.1) is 6.26 Å². The number of ether oxygens (including phenoxy) is 1. The van der Waals surface area contributed by atoms with Gasteiger partial charge in [-0.15, -0.1) is 0 Å². The molecule has 1 aromatic heterocycles. The van der Waals surface area contributed by atoms with Gasteiger partial charge in [0.1, 0.15) is 5.82 Å². The van der Waals surface area contributed by atoms with E-state index >= 15 is 0 Å². The largest absolute Gasteiger partial charge is 0.457 e. The maximum atomic E-state index is 12.8. The minimum absolute atomic E-state index is 0.0435. The molecule has 0 radical (unpaired) electrons. The number of halogens is 1. The Balaban J connectivity index is 1.95. The molecule has 2 rings (SSSR count). The molecule has 0 aliphatic carbocycles. The monoisotopic (exact) mass is 319 g/mol. The molecule has 6 heteroatoms. The lowest BCUT2D eigenvalue weighted by atomic mass is 10.1. The lowest BCUT2D eigenvalue weighted by Gasteiger charge is -2.20. The zero-order chi connectivity index (χ0) is 16.8. The highest BCUT2D eigenvalue weighted by atomic mass is 19.1. The van der Waals surface area contributed by atoms with Crippen LogP contribution in [0.2, 0.25) is 0 Å². The first-order chi connectivity index (χ1) is 11.0. The van der Waals surface area contributed by atoms with Crippen molar-refractivity contribution < 1.29 is 23.1 Å². The summed E-state index contributed by atoms with van der Waals surface area (Å²) in [6.07, 6.45) is 0.420. The number of carbonyl (C=O) groups is 2. The number of benzene rings is 1. The molecule has 0 aliphatic rings. The van der Waals surface area contributed by atoms with Crippen molar-refractivity contribution in [2.45, 2.75) is 26.5 Å². The first kappa shape index (κ1) is 16.7. The Hall–Kier alpha value is -2.63. The summed E-state index contributed by atoms with van der Waals surface area (Å²) in [5, 5.41) is 2.68. The molecule has 1 heterocycles. The molecule has 0 saturated heterocycles. The number of hydrogen-bond acceptors (Lipinski definition) is 4. The predicted octanol–water partition coefficient (Wildman–Crippen LogP) is 2.92. The summed E-state index contributed by atoms with van der Waals surface area (Å²) < 4.78 is 23.0. The Kier molecular flexibility index (Phi) is 5.51. The Morgan fingerprint density at radius 3 is 2.48 bits per heavy atom. The molecule has 5 nitrogen and oxygen atoms in total. The summed E-state index contributed by atoms with van der Waals surface area (Å²) in [4.78, 5) is 24.1. The van der Waals surface area contributed by atoms with Crippen LogP contribution in [0.1, 0.15) is 30.0 Å². The second kappa shape index (κ2) is 7.58. The SMILES string of the molecule is CC(C)[C@@H](OC(=O)c1ccco1)C(=O)NCc1ccc(F)cc1. The van der Waals surface area contributed by atoms with E-state index in [0.717, 1.165) is 5.56 Å². The van der Waals surface area contributed by atoms with Crippen molar-refractivity contribution in [1.29, 1.82) is 0 Å². The average molecular weight is 319 g/mol. The van der Waals surface area contributed by atoms with Crippen LogP contribution in [0.5, 0.6) is 0 Å². The minimum atomic E-state index is -0.937. The number of nitrogens with one attached hydrogen (secondary N) is 1. The van der Waals surface area contributed by atoms with Gasteiger partial charge in [-0.3, -0.25) is 4.79 Å². The fraction of sp³-hybridized carbons (Fsp3) is 0.294. The molecule has 0 bridgehead atoms. The summed E-state index contributed by atoms with van der Waals surface area (Å²) in [7, 11) is 0. The van der Waals surface area contributed by atoms with Crippen molar-refractivity contribution in [1.82, 2.24) is 5.32 Å². The Labute approximate surface area is 133 Å². The topological polar surface area (TPSA) is 68.5 Å². The van der Waals surface area contributed by atoms with Crippen molar-refractivity contribution in [2.24, 2.45) is 5.92 Å². The fourth-order valence-corrected chi connectivity index (χ4v) is 1.95. The first-order valence-corrected chi connectivity index (χ1v) is 7.24. The van der Waals surface area contributed by atoms with Crippen LogP contribution in [0.4, 0.5) is 4.39 Å². The van der Waals surface area contributed by atoms with E-state index in [0.29, 0.717) is 0 Å². The van der Waals surface area contributed by atoms with Crippen LogP contribution in [0.15, 0.2) is 47.1 Å². The van der Waals surface area contributed by atoms with Crippen molar-refractivity contribution >= 4 is 11.9 Å². The molecule has 1 amide bonds. The molecule has 1 atom stereocenters. The molecule has 0 spiro atoms. The van der Waals surface area contributed by atoms with Crippen LogP contribution in [-0.4, -0.2) is 18.0 Å². The highest BCUT2D eigenvalue weighted by Crippen LogP contribution is 2.12. The minimum Gasteiger partial charge on any atom is -0.457 e. The van der Waals surface area contributed by atoms with Gasteiger partial charge < -0.3 is 14.5 Å². The summed E-state index contributed by atoms with van der Waals surface area (Å²) >= 11 is 0. The molecular formula is C17H18FNO4. The predicted molar refractivity (Wildman–Crippen MR) is 81.0 cm³/mol. The third-order valence-corrected chi connectivity index (χ3v) is 3.20. The average Bonchev–Trinajstić information content (AvgIpc) is 3.05. The van der Waals surface area contributed by atoms with E-state index in [1.165, 1.54) is 24.5 Å². The molecule has 0 aliphatic heterocycles. The van der Waals surface area contributed by atoms with Gasteiger partial charge in [-0.1, -0.05) is 26.0 Å². The van der Waals surface area contributed by atoms with Crippen LogP contribution < -0.4 is 5.32 Å². The highest BCUT2D eigenvalue weighted by Gasteiger charge is 2.27. The molecule has 2 aromatic rings. The Bertz CT molecular complexity index is 650. The van der Waals surface area contributed by atoms with E-state index in [1.807, 2.05) is 0 Å². The highest BCUT2D eigenvalue weighted by molar-refractivity contribution is 5.90. The fourth-order valence-electron chi connectivity index (χ4n) is 1.95. The summed E-state index contributed by atoms with van der Waals surface area (Å²) in [6, 6.07) is 8.83. The standard InChI is InChI=1S/C17H18FNO4/c1-11(2)15(23-17(21)14-4-3-9-22-14)16(20)19-10-12-5-7-13(18)8-6-12/h3-9,11,15H,10H2,1-2H3,(H,19,20)/t15-/m1/s1. The second-order valence-electron chi connectivity index (χ2n) is 5.39. The number of hydrogen-bond donors (Lipinski definition) is 1. The van der Waals surface area contributed by atoms with Crippen LogP contribution in [0, 0.1) is 11.7 Å². The molecule has 1 N–H and O–H groups in total. The normalized spacial score (nSPS) is 12.0. The number of furan rings is 1. The van der Waals surface area contributed by atoms with E-state index in [-0.39, 0.29) is 24.0 Å². The van der Waals surface area contributed by atoms with Crippen molar-refractivity contribution in [2.75, 3.05) is 0 Å². The van der Waals surface area contributed by atoms with E-state index in [2.05, 4.69) is 5.32 Å². The summed E-state index contributed by atoms with van der Waals surface area (Å²) in [5.41, 5.74) is 0.750. The smallest absolute Gasteiger partial charge is 0.375 e. The number of esters is 1.